The number of hydrogen-bond donors (Lipinski definition) is 2. The number of fused-ring (bicyclic) bond motifs is 1. The van der Waals surface area contributed by atoms with Crippen LogP contribution < -0.4 is 19.9 Å². The summed E-state index contributed by atoms with van der Waals surface area (Å²) in [6.45, 7) is 3.99. The van der Waals surface area contributed by atoms with Crippen molar-refractivity contribution in [3.8, 4) is 22.9 Å². The molecule has 2 aromatic carbocycles. The summed E-state index contributed by atoms with van der Waals surface area (Å²) in [5.74, 6) is 1.94. The minimum Gasteiger partial charge on any atom is -0.497 e. The second-order valence-corrected chi connectivity index (χ2v) is 7.23. The third-order valence-electron chi connectivity index (χ3n) is 5.32. The molecule has 0 bridgehead atoms. The van der Waals surface area contributed by atoms with E-state index in [1.165, 1.54) is 0 Å². The monoisotopic (exact) mass is 424 g/mol. The summed E-state index contributed by atoms with van der Waals surface area (Å²) in [6, 6.07) is 10.5. The second-order valence-electron chi connectivity index (χ2n) is 7.23. The van der Waals surface area contributed by atoms with E-state index in [-0.39, 0.29) is 6.04 Å². The Hall–Kier alpha value is -3.43. The Balaban J connectivity index is 1.91. The highest BCUT2D eigenvalue weighted by Gasteiger charge is 2.25. The van der Waals surface area contributed by atoms with E-state index in [2.05, 4.69) is 11.8 Å². The summed E-state index contributed by atoms with van der Waals surface area (Å²) >= 11 is 0. The predicted molar refractivity (Wildman–Crippen MR) is 115 cm³/mol. The van der Waals surface area contributed by atoms with E-state index in [0.29, 0.717) is 48.2 Å². The number of aromatic nitrogens is 2. The summed E-state index contributed by atoms with van der Waals surface area (Å²) in [7, 11) is 3.21. The first-order valence-electron chi connectivity index (χ1n) is 9.88. The van der Waals surface area contributed by atoms with Crippen molar-refractivity contribution in [2.24, 2.45) is 0 Å². The third kappa shape index (κ3) is 3.97. The van der Waals surface area contributed by atoms with Gasteiger partial charge in [-0.15, -0.1) is 0 Å². The molecular weight excluding hydrogens is 400 g/mol. The number of ether oxygens (including phenoxy) is 3. The molecule has 162 valence electrons. The lowest BCUT2D eigenvalue weighted by atomic mass is 10.1. The molecule has 1 saturated heterocycles. The molecule has 0 spiro atoms. The van der Waals surface area contributed by atoms with Gasteiger partial charge < -0.3 is 19.1 Å². The minimum atomic E-state index is -0.580. The third-order valence-corrected chi connectivity index (χ3v) is 5.32. The van der Waals surface area contributed by atoms with Crippen molar-refractivity contribution in [3.63, 3.8) is 0 Å². The summed E-state index contributed by atoms with van der Waals surface area (Å²) in [5, 5.41) is 9.64. The maximum atomic E-state index is 11.6. The number of carbonyl (C=O) groups is 1. The fourth-order valence-electron chi connectivity index (χ4n) is 3.68. The van der Waals surface area contributed by atoms with Crippen LogP contribution in [0.15, 0.2) is 36.4 Å². The Kier molecular flexibility index (Phi) is 5.88. The number of nitrogens with one attached hydrogen (secondary N) is 1. The van der Waals surface area contributed by atoms with Gasteiger partial charge in [0.05, 0.1) is 44.4 Å². The Morgan fingerprint density at radius 3 is 2.61 bits per heavy atom. The number of rotatable bonds is 5. The number of hydrogen-bond acceptors (Lipinski definition) is 8. The van der Waals surface area contributed by atoms with Crippen LogP contribution in [0.1, 0.15) is 17.3 Å². The van der Waals surface area contributed by atoms with Crippen molar-refractivity contribution in [1.82, 2.24) is 15.4 Å². The SMILES string of the molecule is COc1cc(OC)c2c(N3CCOC[C@H]3C)nc(-c3ccc(C(=O)NO)cc3)nc2c1. The first-order valence-corrected chi connectivity index (χ1v) is 9.88. The molecule has 9 nitrogen and oxygen atoms in total. The maximum Gasteiger partial charge on any atom is 0.274 e. The number of hydroxylamine groups is 1. The zero-order chi connectivity index (χ0) is 22.0. The molecule has 1 aliphatic heterocycles. The van der Waals surface area contributed by atoms with E-state index >= 15 is 0 Å². The van der Waals surface area contributed by atoms with E-state index in [9.17, 15) is 4.79 Å². The molecule has 2 N–H and O–H groups in total. The largest absolute Gasteiger partial charge is 0.497 e. The first-order chi connectivity index (χ1) is 15.0. The number of methoxy groups -OCH3 is 2. The highest BCUT2D eigenvalue weighted by molar-refractivity contribution is 5.98. The summed E-state index contributed by atoms with van der Waals surface area (Å²) in [4.78, 5) is 23.5. The van der Waals surface area contributed by atoms with Gasteiger partial charge in [0.2, 0.25) is 0 Å². The number of anilines is 1. The normalized spacial score (nSPS) is 16.3. The van der Waals surface area contributed by atoms with Gasteiger partial charge in [-0.2, -0.15) is 0 Å². The zero-order valence-electron chi connectivity index (χ0n) is 17.6. The molecule has 1 fully saturated rings. The molecule has 31 heavy (non-hydrogen) atoms. The van der Waals surface area contributed by atoms with Crippen molar-refractivity contribution in [3.05, 3.63) is 42.0 Å². The summed E-state index contributed by atoms with van der Waals surface area (Å²) in [5.41, 5.74) is 3.38. The molecule has 0 unspecified atom stereocenters. The summed E-state index contributed by atoms with van der Waals surface area (Å²) in [6.07, 6.45) is 0. The van der Waals surface area contributed by atoms with Crippen molar-refractivity contribution in [2.75, 3.05) is 38.9 Å². The topological polar surface area (TPSA) is 106 Å². The summed E-state index contributed by atoms with van der Waals surface area (Å²) < 4.78 is 16.7. The number of carbonyl (C=O) groups excluding carboxylic acids is 1. The zero-order valence-corrected chi connectivity index (χ0v) is 17.6. The number of nitrogens with zero attached hydrogens (tertiary/aromatic N) is 3. The lowest BCUT2D eigenvalue weighted by Crippen LogP contribution is -2.44. The molecule has 2 heterocycles. The van der Waals surface area contributed by atoms with Crippen molar-refractivity contribution in [2.45, 2.75) is 13.0 Å². The molecule has 1 amide bonds. The molecule has 1 atom stereocenters. The van der Waals surface area contributed by atoms with E-state index in [1.807, 2.05) is 12.1 Å². The Morgan fingerprint density at radius 2 is 1.97 bits per heavy atom. The van der Waals surface area contributed by atoms with Gasteiger partial charge in [0.1, 0.15) is 17.3 Å². The Bertz CT molecular complexity index is 1100. The molecular formula is C22H24N4O5. The second kappa shape index (κ2) is 8.75. The average molecular weight is 424 g/mol. The van der Waals surface area contributed by atoms with Gasteiger partial charge in [-0.1, -0.05) is 12.1 Å². The fourth-order valence-corrected chi connectivity index (χ4v) is 3.68. The standard InChI is InChI=1S/C22H24N4O5/c1-13-12-31-9-8-26(13)21-19-17(10-16(29-2)11-18(19)30-3)23-20(24-21)14-4-6-15(7-5-14)22(27)25-28/h4-7,10-11,13,28H,8-9,12H2,1-3H3,(H,25,27)/t13-/m1/s1. The van der Waals surface area contributed by atoms with Crippen LogP contribution in [-0.4, -0.2) is 61.1 Å². The fraction of sp³-hybridized carbons (Fsp3) is 0.318. The lowest BCUT2D eigenvalue weighted by molar-refractivity contribution is 0.0706. The van der Waals surface area contributed by atoms with E-state index in [1.54, 1.807) is 44.0 Å². The first kappa shape index (κ1) is 20.8. The number of morpholine rings is 1. The van der Waals surface area contributed by atoms with Gasteiger partial charge in [-0.3, -0.25) is 10.0 Å². The predicted octanol–water partition coefficient (Wildman–Crippen LogP) is 2.66. The van der Waals surface area contributed by atoms with Gasteiger partial charge >= 0.3 is 0 Å². The molecule has 0 aliphatic carbocycles. The molecule has 1 aromatic heterocycles. The molecule has 3 aromatic rings. The van der Waals surface area contributed by atoms with Gasteiger partial charge in [-0.25, -0.2) is 15.4 Å². The van der Waals surface area contributed by atoms with Crippen molar-refractivity contribution < 1.29 is 24.2 Å². The maximum absolute atomic E-state index is 11.6. The molecule has 4 rings (SSSR count). The quantitative estimate of drug-likeness (QED) is 0.476. The van der Waals surface area contributed by atoms with E-state index in [0.717, 1.165) is 16.8 Å². The van der Waals surface area contributed by atoms with E-state index in [4.69, 9.17) is 29.4 Å². The van der Waals surface area contributed by atoms with Crippen LogP contribution in [0.5, 0.6) is 11.5 Å². The van der Waals surface area contributed by atoms with Crippen LogP contribution in [0.2, 0.25) is 0 Å². The van der Waals surface area contributed by atoms with Gasteiger partial charge in [-0.05, 0) is 19.1 Å². The van der Waals surface area contributed by atoms with Crippen LogP contribution >= 0.6 is 0 Å². The van der Waals surface area contributed by atoms with Crippen LogP contribution in [0.4, 0.5) is 5.82 Å². The Morgan fingerprint density at radius 1 is 1.19 bits per heavy atom. The smallest absolute Gasteiger partial charge is 0.274 e. The van der Waals surface area contributed by atoms with Gasteiger partial charge in [0, 0.05) is 29.8 Å². The lowest BCUT2D eigenvalue weighted by Gasteiger charge is -2.35. The van der Waals surface area contributed by atoms with Crippen LogP contribution in [0.25, 0.3) is 22.3 Å². The minimum absolute atomic E-state index is 0.127. The van der Waals surface area contributed by atoms with Gasteiger partial charge in [0.15, 0.2) is 5.82 Å². The number of amides is 1. The molecule has 0 saturated carbocycles. The van der Waals surface area contributed by atoms with Crippen molar-refractivity contribution in [1.29, 1.82) is 0 Å². The molecule has 0 radical (unpaired) electrons. The van der Waals surface area contributed by atoms with Crippen LogP contribution in [0.3, 0.4) is 0 Å². The van der Waals surface area contributed by atoms with Crippen LogP contribution in [0, 0.1) is 0 Å². The molecule has 1 aliphatic rings. The van der Waals surface area contributed by atoms with Crippen LogP contribution in [-0.2, 0) is 4.74 Å². The average Bonchev–Trinajstić information content (AvgIpc) is 2.82. The van der Waals surface area contributed by atoms with Crippen molar-refractivity contribution >= 4 is 22.6 Å². The number of benzene rings is 2. The molecule has 9 heteroatoms. The Labute approximate surface area is 179 Å². The van der Waals surface area contributed by atoms with Gasteiger partial charge in [0.25, 0.3) is 5.91 Å². The highest BCUT2D eigenvalue weighted by atomic mass is 16.5. The van der Waals surface area contributed by atoms with E-state index < -0.39 is 5.91 Å². The highest BCUT2D eigenvalue weighted by Crippen LogP contribution is 2.38.